The van der Waals surface area contributed by atoms with Gasteiger partial charge in [-0.05, 0) is 12.5 Å². The molecule has 3 nitrogen and oxygen atoms in total. The molecule has 2 heterocycles. The van der Waals surface area contributed by atoms with Gasteiger partial charge in [-0.3, -0.25) is 4.98 Å². The van der Waals surface area contributed by atoms with Gasteiger partial charge in [0.2, 0.25) is 0 Å². The molecular weight excluding hydrogens is 258 g/mol. The summed E-state index contributed by atoms with van der Waals surface area (Å²) in [5.74, 6) is 0. The van der Waals surface area contributed by atoms with E-state index in [-0.39, 0.29) is 0 Å². The van der Waals surface area contributed by atoms with E-state index in [2.05, 4.69) is 16.9 Å². The fraction of sp³-hybridized carbons (Fsp3) is 0.133. The van der Waals surface area contributed by atoms with Crippen molar-refractivity contribution in [3.05, 3.63) is 53.7 Å². The standard InChI is InChI=1S/C15H12ClN3/c1-2-12-14(10-7-17-9-18-8-10)15(16)11-5-3-4-6-13(11)19-12/h3-9H,2H2,1H3. The van der Waals surface area contributed by atoms with Crippen LogP contribution >= 0.6 is 11.6 Å². The molecule has 0 amide bonds. The fourth-order valence-corrected chi connectivity index (χ4v) is 2.57. The Hall–Kier alpha value is -2.00. The van der Waals surface area contributed by atoms with Crippen molar-refractivity contribution >= 4 is 22.5 Å². The SMILES string of the molecule is CCc1nc2ccccc2c(Cl)c1-c1cncnc1. The topological polar surface area (TPSA) is 38.7 Å². The lowest BCUT2D eigenvalue weighted by molar-refractivity contribution is 1.06. The number of aryl methyl sites for hydroxylation is 1. The number of hydrogen-bond acceptors (Lipinski definition) is 3. The van der Waals surface area contributed by atoms with Crippen LogP contribution in [0.25, 0.3) is 22.0 Å². The first-order chi connectivity index (χ1) is 9.31. The normalized spacial score (nSPS) is 10.8. The molecule has 4 heteroatoms. The molecule has 0 saturated carbocycles. The highest BCUT2D eigenvalue weighted by molar-refractivity contribution is 6.38. The van der Waals surface area contributed by atoms with E-state index >= 15 is 0 Å². The average molecular weight is 270 g/mol. The highest BCUT2D eigenvalue weighted by atomic mass is 35.5. The molecule has 0 fully saturated rings. The van der Waals surface area contributed by atoms with Gasteiger partial charge in [0.05, 0.1) is 16.2 Å². The molecule has 0 atom stereocenters. The Balaban J connectivity index is 2.37. The molecule has 0 saturated heterocycles. The first-order valence-corrected chi connectivity index (χ1v) is 6.51. The molecule has 2 aromatic heterocycles. The summed E-state index contributed by atoms with van der Waals surface area (Å²) in [6.07, 6.45) is 5.86. The van der Waals surface area contributed by atoms with Gasteiger partial charge in [0.25, 0.3) is 0 Å². The molecule has 19 heavy (non-hydrogen) atoms. The number of para-hydroxylation sites is 1. The minimum atomic E-state index is 0.720. The van der Waals surface area contributed by atoms with Crippen molar-refractivity contribution in [2.24, 2.45) is 0 Å². The lowest BCUT2D eigenvalue weighted by Gasteiger charge is -2.12. The van der Waals surface area contributed by atoms with Crippen LogP contribution in [0.4, 0.5) is 0 Å². The zero-order valence-corrected chi connectivity index (χ0v) is 11.2. The van der Waals surface area contributed by atoms with Gasteiger partial charge in [0.1, 0.15) is 6.33 Å². The average Bonchev–Trinajstić information content (AvgIpc) is 2.48. The molecule has 0 aliphatic carbocycles. The van der Waals surface area contributed by atoms with E-state index < -0.39 is 0 Å². The van der Waals surface area contributed by atoms with Gasteiger partial charge in [-0.2, -0.15) is 0 Å². The highest BCUT2D eigenvalue weighted by Gasteiger charge is 2.14. The van der Waals surface area contributed by atoms with Gasteiger partial charge >= 0.3 is 0 Å². The molecule has 3 aromatic rings. The summed E-state index contributed by atoms with van der Waals surface area (Å²) in [7, 11) is 0. The molecule has 0 radical (unpaired) electrons. The van der Waals surface area contributed by atoms with Crippen LogP contribution in [0.15, 0.2) is 43.0 Å². The maximum atomic E-state index is 6.56. The third-order valence-electron chi connectivity index (χ3n) is 3.09. The minimum Gasteiger partial charge on any atom is -0.252 e. The number of benzene rings is 1. The molecule has 0 unspecified atom stereocenters. The van der Waals surface area contributed by atoms with Crippen molar-refractivity contribution in [2.45, 2.75) is 13.3 Å². The molecule has 3 rings (SSSR count). The number of aromatic nitrogens is 3. The Labute approximate surface area is 116 Å². The molecule has 0 spiro atoms. The van der Waals surface area contributed by atoms with Crippen molar-refractivity contribution in [1.82, 2.24) is 15.0 Å². The van der Waals surface area contributed by atoms with Crippen LogP contribution in [0.5, 0.6) is 0 Å². The predicted molar refractivity (Wildman–Crippen MR) is 77.2 cm³/mol. The van der Waals surface area contributed by atoms with Crippen LogP contribution in [0.2, 0.25) is 5.02 Å². The summed E-state index contributed by atoms with van der Waals surface area (Å²) in [6, 6.07) is 7.90. The van der Waals surface area contributed by atoms with E-state index in [4.69, 9.17) is 16.6 Å². The van der Waals surface area contributed by atoms with Gasteiger partial charge in [-0.1, -0.05) is 36.7 Å². The van der Waals surface area contributed by atoms with E-state index in [9.17, 15) is 0 Å². The highest BCUT2D eigenvalue weighted by Crippen LogP contribution is 2.35. The lowest BCUT2D eigenvalue weighted by Crippen LogP contribution is -1.96. The first kappa shape index (κ1) is 12.1. The van der Waals surface area contributed by atoms with Crippen molar-refractivity contribution in [2.75, 3.05) is 0 Å². The number of rotatable bonds is 2. The van der Waals surface area contributed by atoms with Gasteiger partial charge < -0.3 is 0 Å². The lowest BCUT2D eigenvalue weighted by atomic mass is 10.0. The van der Waals surface area contributed by atoms with Crippen LogP contribution in [0.3, 0.4) is 0 Å². The summed E-state index contributed by atoms with van der Waals surface area (Å²) in [5.41, 5.74) is 3.73. The second-order valence-electron chi connectivity index (χ2n) is 4.25. The summed E-state index contributed by atoms with van der Waals surface area (Å²) < 4.78 is 0. The van der Waals surface area contributed by atoms with Crippen molar-refractivity contribution in [1.29, 1.82) is 0 Å². The van der Waals surface area contributed by atoms with E-state index in [1.165, 1.54) is 6.33 Å². The zero-order valence-electron chi connectivity index (χ0n) is 10.5. The summed E-state index contributed by atoms with van der Waals surface area (Å²) in [6.45, 7) is 2.07. The predicted octanol–water partition coefficient (Wildman–Crippen LogP) is 3.91. The van der Waals surface area contributed by atoms with E-state index in [0.717, 1.165) is 39.2 Å². The van der Waals surface area contributed by atoms with Crippen molar-refractivity contribution in [3.63, 3.8) is 0 Å². The molecule has 94 valence electrons. The smallest absolute Gasteiger partial charge is 0.115 e. The van der Waals surface area contributed by atoms with Crippen LogP contribution in [-0.4, -0.2) is 15.0 Å². The third kappa shape index (κ3) is 2.06. The van der Waals surface area contributed by atoms with Gasteiger partial charge in [-0.25, -0.2) is 9.97 Å². The summed E-state index contributed by atoms with van der Waals surface area (Å²) >= 11 is 6.56. The Morgan fingerprint density at radius 1 is 1.11 bits per heavy atom. The van der Waals surface area contributed by atoms with Crippen molar-refractivity contribution < 1.29 is 0 Å². The first-order valence-electron chi connectivity index (χ1n) is 6.13. The number of pyridine rings is 1. The third-order valence-corrected chi connectivity index (χ3v) is 3.48. The van der Waals surface area contributed by atoms with Crippen LogP contribution in [0, 0.1) is 0 Å². The maximum Gasteiger partial charge on any atom is 0.115 e. The second kappa shape index (κ2) is 4.94. The van der Waals surface area contributed by atoms with Crippen LogP contribution in [0.1, 0.15) is 12.6 Å². The Morgan fingerprint density at radius 3 is 2.58 bits per heavy atom. The number of nitrogens with zero attached hydrogens (tertiary/aromatic N) is 3. The largest absolute Gasteiger partial charge is 0.252 e. The molecule has 0 aliphatic heterocycles. The number of fused-ring (bicyclic) bond motifs is 1. The molecule has 1 aromatic carbocycles. The number of hydrogen-bond donors (Lipinski definition) is 0. The monoisotopic (exact) mass is 269 g/mol. The van der Waals surface area contributed by atoms with Gasteiger partial charge in [-0.15, -0.1) is 0 Å². The zero-order chi connectivity index (χ0) is 13.2. The van der Waals surface area contributed by atoms with E-state index in [1.807, 2.05) is 24.3 Å². The Bertz CT molecular complexity index is 726. The van der Waals surface area contributed by atoms with Gasteiger partial charge in [0, 0.05) is 28.9 Å². The van der Waals surface area contributed by atoms with Crippen molar-refractivity contribution in [3.8, 4) is 11.1 Å². The second-order valence-corrected chi connectivity index (χ2v) is 4.62. The Morgan fingerprint density at radius 2 is 1.84 bits per heavy atom. The molecule has 0 N–H and O–H groups in total. The van der Waals surface area contributed by atoms with Crippen LogP contribution in [-0.2, 0) is 6.42 Å². The summed E-state index contributed by atoms with van der Waals surface area (Å²) in [4.78, 5) is 12.8. The summed E-state index contributed by atoms with van der Waals surface area (Å²) in [5, 5.41) is 1.68. The van der Waals surface area contributed by atoms with Crippen LogP contribution < -0.4 is 0 Å². The van der Waals surface area contributed by atoms with E-state index in [1.54, 1.807) is 12.4 Å². The molecule has 0 bridgehead atoms. The Kier molecular flexibility index (Phi) is 3.13. The molecular formula is C15H12ClN3. The quantitative estimate of drug-likeness (QED) is 0.708. The minimum absolute atomic E-state index is 0.720. The van der Waals surface area contributed by atoms with Gasteiger partial charge in [0.15, 0.2) is 0 Å². The maximum absolute atomic E-state index is 6.56. The van der Waals surface area contributed by atoms with E-state index in [0.29, 0.717) is 0 Å². The fourth-order valence-electron chi connectivity index (χ4n) is 2.20. The molecule has 0 aliphatic rings. The number of halogens is 1.